The molecule has 1 saturated heterocycles. The molecular formula is C13H19ClN4O4. The Morgan fingerprint density at radius 3 is 3.00 bits per heavy atom. The maximum atomic E-state index is 12.5. The molecule has 122 valence electrons. The number of amides is 2. The summed E-state index contributed by atoms with van der Waals surface area (Å²) < 4.78 is 11.0. The van der Waals surface area contributed by atoms with Crippen molar-refractivity contribution in [3.05, 3.63) is 16.9 Å². The van der Waals surface area contributed by atoms with E-state index in [2.05, 4.69) is 15.5 Å². The van der Waals surface area contributed by atoms with E-state index in [4.69, 9.17) is 21.1 Å². The van der Waals surface area contributed by atoms with Crippen LogP contribution in [0.4, 0.5) is 0 Å². The molecule has 1 fully saturated rings. The highest BCUT2D eigenvalue weighted by molar-refractivity contribution is 6.33. The Morgan fingerprint density at radius 1 is 1.64 bits per heavy atom. The highest BCUT2D eigenvalue weighted by Crippen LogP contribution is 2.25. The highest BCUT2D eigenvalue weighted by Gasteiger charge is 2.41. The van der Waals surface area contributed by atoms with Crippen LogP contribution < -0.4 is 5.32 Å². The predicted octanol–water partition coefficient (Wildman–Crippen LogP) is 0.0568. The first kappa shape index (κ1) is 16.7. The first-order chi connectivity index (χ1) is 10.5. The third kappa shape index (κ3) is 3.57. The summed E-state index contributed by atoms with van der Waals surface area (Å²) in [5, 5.41) is 9.16. The van der Waals surface area contributed by atoms with E-state index in [1.807, 2.05) is 0 Å². The number of ether oxygens (including phenoxy) is 2. The minimum absolute atomic E-state index is 0.109. The normalized spacial score (nSPS) is 21.7. The zero-order chi connectivity index (χ0) is 16.2. The maximum Gasteiger partial charge on any atom is 0.273 e. The molecule has 1 aromatic rings. The van der Waals surface area contributed by atoms with Gasteiger partial charge in [0.15, 0.2) is 0 Å². The van der Waals surface area contributed by atoms with Crippen molar-refractivity contribution in [1.82, 2.24) is 20.4 Å². The SMILES string of the molecule is CNC(=O)C[C@@]1(COC)CN(C(=O)c2[nH]ncc2Cl)CCO1. The molecule has 2 N–H and O–H groups in total. The van der Waals surface area contributed by atoms with Crippen molar-refractivity contribution in [2.24, 2.45) is 0 Å². The van der Waals surface area contributed by atoms with Crippen LogP contribution in [0.5, 0.6) is 0 Å². The summed E-state index contributed by atoms with van der Waals surface area (Å²) in [5.74, 6) is -0.450. The van der Waals surface area contributed by atoms with Crippen molar-refractivity contribution in [3.63, 3.8) is 0 Å². The Balaban J connectivity index is 2.16. The lowest BCUT2D eigenvalue weighted by molar-refractivity contribution is -0.150. The summed E-state index contributed by atoms with van der Waals surface area (Å²) >= 11 is 5.93. The predicted molar refractivity (Wildman–Crippen MR) is 78.7 cm³/mol. The number of methoxy groups -OCH3 is 1. The number of aromatic nitrogens is 2. The summed E-state index contributed by atoms with van der Waals surface area (Å²) in [6.45, 7) is 1.18. The van der Waals surface area contributed by atoms with E-state index in [1.165, 1.54) is 13.3 Å². The van der Waals surface area contributed by atoms with Gasteiger partial charge >= 0.3 is 0 Å². The number of aromatic amines is 1. The van der Waals surface area contributed by atoms with Gasteiger partial charge in [0.1, 0.15) is 11.3 Å². The van der Waals surface area contributed by atoms with E-state index in [1.54, 1.807) is 11.9 Å². The number of hydrogen-bond donors (Lipinski definition) is 2. The lowest BCUT2D eigenvalue weighted by Crippen LogP contribution is -2.57. The van der Waals surface area contributed by atoms with Gasteiger partial charge in [-0.3, -0.25) is 14.7 Å². The molecule has 8 nitrogen and oxygen atoms in total. The van der Waals surface area contributed by atoms with E-state index in [9.17, 15) is 9.59 Å². The first-order valence-electron chi connectivity index (χ1n) is 6.83. The second kappa shape index (κ2) is 7.08. The second-order valence-corrected chi connectivity index (χ2v) is 5.54. The van der Waals surface area contributed by atoms with Gasteiger partial charge in [0.25, 0.3) is 5.91 Å². The van der Waals surface area contributed by atoms with Gasteiger partial charge in [-0.2, -0.15) is 5.10 Å². The average Bonchev–Trinajstić information content (AvgIpc) is 2.93. The minimum atomic E-state index is -0.866. The number of nitrogens with zero attached hydrogens (tertiary/aromatic N) is 2. The monoisotopic (exact) mass is 330 g/mol. The number of halogens is 1. The van der Waals surface area contributed by atoms with Crippen LogP contribution in [0.15, 0.2) is 6.20 Å². The van der Waals surface area contributed by atoms with Gasteiger partial charge in [-0.05, 0) is 0 Å². The number of morpholine rings is 1. The molecule has 2 heterocycles. The number of hydrogen-bond acceptors (Lipinski definition) is 5. The van der Waals surface area contributed by atoms with Gasteiger partial charge < -0.3 is 19.7 Å². The van der Waals surface area contributed by atoms with Crippen LogP contribution in [-0.4, -0.2) is 73.0 Å². The van der Waals surface area contributed by atoms with E-state index in [0.29, 0.717) is 13.2 Å². The molecule has 2 rings (SSSR count). The topological polar surface area (TPSA) is 96.6 Å². The first-order valence-corrected chi connectivity index (χ1v) is 7.21. The van der Waals surface area contributed by atoms with Crippen LogP contribution in [0.25, 0.3) is 0 Å². The number of nitrogens with one attached hydrogen (secondary N) is 2. The Morgan fingerprint density at radius 2 is 2.41 bits per heavy atom. The summed E-state index contributed by atoms with van der Waals surface area (Å²) in [4.78, 5) is 25.8. The minimum Gasteiger partial charge on any atom is -0.382 e. The fourth-order valence-corrected chi connectivity index (χ4v) is 2.66. The van der Waals surface area contributed by atoms with Crippen LogP contribution >= 0.6 is 11.6 Å². The van der Waals surface area contributed by atoms with Gasteiger partial charge in [-0.1, -0.05) is 11.6 Å². The van der Waals surface area contributed by atoms with Crippen molar-refractivity contribution in [2.75, 3.05) is 40.5 Å². The zero-order valence-corrected chi connectivity index (χ0v) is 13.3. The molecule has 1 aliphatic rings. The molecule has 22 heavy (non-hydrogen) atoms. The smallest absolute Gasteiger partial charge is 0.273 e. The van der Waals surface area contributed by atoms with Crippen molar-refractivity contribution in [1.29, 1.82) is 0 Å². The Hall–Kier alpha value is -1.64. The standard InChI is InChI=1S/C13H19ClN4O4/c1-15-10(19)5-13(8-21-2)7-18(3-4-22-13)12(20)11-9(14)6-16-17-11/h6H,3-5,7-8H2,1-2H3,(H,15,19)(H,16,17)/t13-/m0/s1. The van der Waals surface area contributed by atoms with E-state index in [-0.39, 0.29) is 42.1 Å². The van der Waals surface area contributed by atoms with Crippen LogP contribution in [0.1, 0.15) is 16.9 Å². The third-order valence-corrected chi connectivity index (χ3v) is 3.80. The molecule has 9 heteroatoms. The number of rotatable bonds is 5. The van der Waals surface area contributed by atoms with Crippen LogP contribution in [0, 0.1) is 0 Å². The van der Waals surface area contributed by atoms with Crippen molar-refractivity contribution in [3.8, 4) is 0 Å². The van der Waals surface area contributed by atoms with Crippen molar-refractivity contribution >= 4 is 23.4 Å². The molecule has 0 aromatic carbocycles. The fourth-order valence-electron chi connectivity index (χ4n) is 2.49. The lowest BCUT2D eigenvalue weighted by Gasteiger charge is -2.41. The molecule has 0 saturated carbocycles. The Bertz CT molecular complexity index is 546. The zero-order valence-electron chi connectivity index (χ0n) is 12.5. The molecule has 0 radical (unpaired) electrons. The summed E-state index contributed by atoms with van der Waals surface area (Å²) in [6.07, 6.45) is 1.49. The maximum absolute atomic E-state index is 12.5. The molecule has 2 amide bonds. The Kier molecular flexibility index (Phi) is 5.38. The quantitative estimate of drug-likeness (QED) is 0.795. The molecule has 0 spiro atoms. The third-order valence-electron chi connectivity index (χ3n) is 3.51. The molecule has 0 aliphatic carbocycles. The van der Waals surface area contributed by atoms with Gasteiger partial charge in [0.2, 0.25) is 5.91 Å². The molecule has 1 aliphatic heterocycles. The van der Waals surface area contributed by atoms with E-state index in [0.717, 1.165) is 0 Å². The Labute approximate surface area is 133 Å². The second-order valence-electron chi connectivity index (χ2n) is 5.13. The van der Waals surface area contributed by atoms with Crippen molar-refractivity contribution < 1.29 is 19.1 Å². The van der Waals surface area contributed by atoms with Gasteiger partial charge in [0.05, 0.1) is 37.4 Å². The number of carbonyl (C=O) groups excluding carboxylic acids is 2. The van der Waals surface area contributed by atoms with E-state index >= 15 is 0 Å². The molecular weight excluding hydrogens is 312 g/mol. The average molecular weight is 331 g/mol. The van der Waals surface area contributed by atoms with Crippen molar-refractivity contribution in [2.45, 2.75) is 12.0 Å². The van der Waals surface area contributed by atoms with Crippen LogP contribution in [-0.2, 0) is 14.3 Å². The van der Waals surface area contributed by atoms with Gasteiger partial charge in [0, 0.05) is 20.7 Å². The van der Waals surface area contributed by atoms with Gasteiger partial charge in [-0.15, -0.1) is 0 Å². The highest BCUT2D eigenvalue weighted by atomic mass is 35.5. The molecule has 1 atom stereocenters. The van der Waals surface area contributed by atoms with Crippen LogP contribution in [0.2, 0.25) is 5.02 Å². The molecule has 0 bridgehead atoms. The molecule has 1 aromatic heterocycles. The summed E-state index contributed by atoms with van der Waals surface area (Å²) in [7, 11) is 3.08. The van der Waals surface area contributed by atoms with Gasteiger partial charge in [-0.25, -0.2) is 0 Å². The lowest BCUT2D eigenvalue weighted by atomic mass is 9.97. The summed E-state index contributed by atoms with van der Waals surface area (Å²) in [5.41, 5.74) is -0.635. The van der Waals surface area contributed by atoms with E-state index < -0.39 is 5.60 Å². The number of carbonyl (C=O) groups is 2. The van der Waals surface area contributed by atoms with Crippen LogP contribution in [0.3, 0.4) is 0 Å². The largest absolute Gasteiger partial charge is 0.382 e. The summed E-state index contributed by atoms with van der Waals surface area (Å²) in [6, 6.07) is 0. The molecule has 0 unspecified atom stereocenters. The fraction of sp³-hybridized carbons (Fsp3) is 0.615. The number of H-pyrrole nitrogens is 1.